The molecule has 1 aliphatic rings. The summed E-state index contributed by atoms with van der Waals surface area (Å²) in [7, 11) is 0. The van der Waals surface area contributed by atoms with Gasteiger partial charge in [-0.2, -0.15) is 0 Å². The molecule has 21 heavy (non-hydrogen) atoms. The number of hydrogen-bond acceptors (Lipinski definition) is 2. The number of hydrogen-bond donors (Lipinski definition) is 1. The Labute approximate surface area is 127 Å². The van der Waals surface area contributed by atoms with Crippen molar-refractivity contribution in [3.05, 3.63) is 70.7 Å². The molecule has 3 rings (SSSR count). The third-order valence-corrected chi connectivity index (χ3v) is 4.02. The van der Waals surface area contributed by atoms with Gasteiger partial charge in [-0.05, 0) is 23.3 Å². The van der Waals surface area contributed by atoms with Crippen LogP contribution in [0.15, 0.2) is 54.6 Å². The molecule has 0 spiro atoms. The van der Waals surface area contributed by atoms with E-state index in [2.05, 4.69) is 5.32 Å². The van der Waals surface area contributed by atoms with Crippen LogP contribution in [0, 0.1) is 0 Å². The summed E-state index contributed by atoms with van der Waals surface area (Å²) in [5.41, 5.74) is 1.83. The van der Waals surface area contributed by atoms with Crippen LogP contribution in [-0.4, -0.2) is 11.8 Å². The fourth-order valence-corrected chi connectivity index (χ4v) is 3.06. The molecule has 0 aromatic heterocycles. The summed E-state index contributed by atoms with van der Waals surface area (Å²) in [5.74, 6) is -1.05. The molecule has 2 unspecified atom stereocenters. The SMILES string of the molecule is O=C1CC(c2ccccc2)C(c2cccc(Cl)c2)C(=O)N1. The third-order valence-electron chi connectivity index (χ3n) is 3.79. The molecule has 1 N–H and O–H groups in total. The van der Waals surface area contributed by atoms with Crippen LogP contribution >= 0.6 is 11.6 Å². The van der Waals surface area contributed by atoms with Gasteiger partial charge >= 0.3 is 0 Å². The fraction of sp³-hybridized carbons (Fsp3) is 0.176. The molecule has 106 valence electrons. The molecule has 1 fully saturated rings. The van der Waals surface area contributed by atoms with Crippen molar-refractivity contribution >= 4 is 23.4 Å². The highest BCUT2D eigenvalue weighted by atomic mass is 35.5. The molecule has 1 heterocycles. The quantitative estimate of drug-likeness (QED) is 0.865. The zero-order chi connectivity index (χ0) is 14.8. The van der Waals surface area contributed by atoms with Gasteiger partial charge in [0, 0.05) is 17.4 Å². The van der Waals surface area contributed by atoms with Gasteiger partial charge in [-0.15, -0.1) is 0 Å². The van der Waals surface area contributed by atoms with E-state index in [0.29, 0.717) is 11.4 Å². The Hall–Kier alpha value is -2.13. The van der Waals surface area contributed by atoms with Crippen molar-refractivity contribution in [2.45, 2.75) is 18.3 Å². The molecule has 2 aromatic carbocycles. The lowest BCUT2D eigenvalue weighted by Gasteiger charge is -2.30. The normalized spacial score (nSPS) is 22.0. The van der Waals surface area contributed by atoms with Crippen molar-refractivity contribution in [2.24, 2.45) is 0 Å². The summed E-state index contributed by atoms with van der Waals surface area (Å²) in [6, 6.07) is 16.9. The maximum Gasteiger partial charge on any atom is 0.234 e. The Kier molecular flexibility index (Phi) is 3.76. The van der Waals surface area contributed by atoms with E-state index in [1.165, 1.54) is 0 Å². The number of amides is 2. The van der Waals surface area contributed by atoms with Crippen molar-refractivity contribution in [1.82, 2.24) is 5.32 Å². The first-order chi connectivity index (χ1) is 10.1. The van der Waals surface area contributed by atoms with Crippen LogP contribution in [0.5, 0.6) is 0 Å². The van der Waals surface area contributed by atoms with Crippen molar-refractivity contribution < 1.29 is 9.59 Å². The van der Waals surface area contributed by atoms with Gasteiger partial charge < -0.3 is 0 Å². The summed E-state index contributed by atoms with van der Waals surface area (Å²) >= 11 is 6.04. The second kappa shape index (κ2) is 5.70. The highest BCUT2D eigenvalue weighted by Gasteiger charge is 2.37. The number of imide groups is 1. The summed E-state index contributed by atoms with van der Waals surface area (Å²) in [6.07, 6.45) is 0.299. The van der Waals surface area contributed by atoms with E-state index in [1.807, 2.05) is 42.5 Å². The van der Waals surface area contributed by atoms with E-state index in [-0.39, 0.29) is 17.7 Å². The number of carbonyl (C=O) groups excluding carboxylic acids is 2. The predicted molar refractivity (Wildman–Crippen MR) is 81.1 cm³/mol. The molecule has 1 saturated heterocycles. The number of nitrogens with one attached hydrogen (secondary N) is 1. The van der Waals surface area contributed by atoms with Gasteiger partial charge in [0.2, 0.25) is 11.8 Å². The molecule has 4 heteroatoms. The smallest absolute Gasteiger partial charge is 0.234 e. The first-order valence-electron chi connectivity index (χ1n) is 6.79. The van der Waals surface area contributed by atoms with Gasteiger partial charge in [0.05, 0.1) is 5.92 Å². The van der Waals surface area contributed by atoms with E-state index in [4.69, 9.17) is 11.6 Å². The highest BCUT2D eigenvalue weighted by molar-refractivity contribution is 6.30. The van der Waals surface area contributed by atoms with E-state index >= 15 is 0 Å². The zero-order valence-electron chi connectivity index (χ0n) is 11.3. The van der Waals surface area contributed by atoms with Crippen molar-refractivity contribution in [3.8, 4) is 0 Å². The number of carbonyl (C=O) groups is 2. The fourth-order valence-electron chi connectivity index (χ4n) is 2.86. The molecule has 2 atom stereocenters. The lowest BCUT2D eigenvalue weighted by Crippen LogP contribution is -2.43. The van der Waals surface area contributed by atoms with Gasteiger partial charge in [0.15, 0.2) is 0 Å². The number of benzene rings is 2. The predicted octanol–water partition coefficient (Wildman–Crippen LogP) is 3.25. The van der Waals surface area contributed by atoms with Crippen molar-refractivity contribution in [1.29, 1.82) is 0 Å². The first kappa shape index (κ1) is 13.8. The number of halogens is 1. The molecule has 0 radical (unpaired) electrons. The summed E-state index contributed by atoms with van der Waals surface area (Å²) in [6.45, 7) is 0. The summed E-state index contributed by atoms with van der Waals surface area (Å²) < 4.78 is 0. The van der Waals surface area contributed by atoms with Gasteiger partial charge in [0.25, 0.3) is 0 Å². The van der Waals surface area contributed by atoms with Crippen LogP contribution in [0.25, 0.3) is 0 Å². The standard InChI is InChI=1S/C17H14ClNO2/c18-13-8-4-7-12(9-13)16-14(10-15(20)19-17(16)21)11-5-2-1-3-6-11/h1-9,14,16H,10H2,(H,19,20,21). The molecule has 0 bridgehead atoms. The molecule has 3 nitrogen and oxygen atoms in total. The lowest BCUT2D eigenvalue weighted by molar-refractivity contribution is -0.135. The molecule has 0 aliphatic carbocycles. The Morgan fingerprint density at radius 3 is 2.38 bits per heavy atom. The van der Waals surface area contributed by atoms with Gasteiger partial charge in [-0.25, -0.2) is 0 Å². The second-order valence-corrected chi connectivity index (χ2v) is 5.60. The monoisotopic (exact) mass is 299 g/mol. The Bertz CT molecular complexity index is 684. The van der Waals surface area contributed by atoms with Gasteiger partial charge in [-0.3, -0.25) is 14.9 Å². The summed E-state index contributed by atoms with van der Waals surface area (Å²) in [5, 5.41) is 3.01. The second-order valence-electron chi connectivity index (χ2n) is 5.17. The number of rotatable bonds is 2. The van der Waals surface area contributed by atoms with E-state index < -0.39 is 5.92 Å². The van der Waals surface area contributed by atoms with Crippen LogP contribution in [0.3, 0.4) is 0 Å². The molecular formula is C17H14ClNO2. The molecular weight excluding hydrogens is 286 g/mol. The minimum atomic E-state index is -0.399. The van der Waals surface area contributed by atoms with Crippen LogP contribution in [0.4, 0.5) is 0 Å². The molecule has 2 amide bonds. The number of piperidine rings is 1. The van der Waals surface area contributed by atoms with E-state index in [0.717, 1.165) is 11.1 Å². The Balaban J connectivity index is 2.05. The largest absolute Gasteiger partial charge is 0.296 e. The Morgan fingerprint density at radius 1 is 0.952 bits per heavy atom. The summed E-state index contributed by atoms with van der Waals surface area (Å²) in [4.78, 5) is 24.1. The molecule has 0 saturated carbocycles. The first-order valence-corrected chi connectivity index (χ1v) is 7.17. The lowest BCUT2D eigenvalue weighted by atomic mass is 9.76. The van der Waals surface area contributed by atoms with Crippen LogP contribution in [-0.2, 0) is 9.59 Å². The average Bonchev–Trinajstić information content (AvgIpc) is 2.47. The minimum absolute atomic E-state index is 0.161. The van der Waals surface area contributed by atoms with E-state index in [1.54, 1.807) is 12.1 Å². The minimum Gasteiger partial charge on any atom is -0.296 e. The maximum absolute atomic E-state index is 12.3. The average molecular weight is 300 g/mol. The topological polar surface area (TPSA) is 46.2 Å². The molecule has 1 aliphatic heterocycles. The van der Waals surface area contributed by atoms with Crippen LogP contribution in [0.1, 0.15) is 29.4 Å². The maximum atomic E-state index is 12.3. The third kappa shape index (κ3) is 2.83. The van der Waals surface area contributed by atoms with E-state index in [9.17, 15) is 9.59 Å². The van der Waals surface area contributed by atoms with Crippen molar-refractivity contribution in [2.75, 3.05) is 0 Å². The highest BCUT2D eigenvalue weighted by Crippen LogP contribution is 2.38. The molecule has 2 aromatic rings. The zero-order valence-corrected chi connectivity index (χ0v) is 12.0. The van der Waals surface area contributed by atoms with Crippen LogP contribution < -0.4 is 5.32 Å². The van der Waals surface area contributed by atoms with Crippen molar-refractivity contribution in [3.63, 3.8) is 0 Å². The van der Waals surface area contributed by atoms with Gasteiger partial charge in [-0.1, -0.05) is 54.1 Å². The Morgan fingerprint density at radius 2 is 1.67 bits per heavy atom. The van der Waals surface area contributed by atoms with Crippen LogP contribution in [0.2, 0.25) is 5.02 Å². The van der Waals surface area contributed by atoms with Gasteiger partial charge in [0.1, 0.15) is 0 Å².